The van der Waals surface area contributed by atoms with E-state index in [1.807, 2.05) is 0 Å². The fraction of sp³-hybridized carbons (Fsp3) is 0.385. The molecule has 2 aromatic rings. The number of hydrogen-bond donors (Lipinski definition) is 2. The minimum atomic E-state index is -0.0411. The average molecular weight is 248 g/mol. The molecule has 0 amide bonds. The van der Waals surface area contributed by atoms with Crippen LogP contribution in [-0.2, 0) is 6.42 Å². The Morgan fingerprint density at radius 3 is 2.28 bits per heavy atom. The summed E-state index contributed by atoms with van der Waals surface area (Å²) in [6, 6.07) is 4.18. The smallest absolute Gasteiger partial charge is 0.258 e. The van der Waals surface area contributed by atoms with Crippen LogP contribution < -0.4 is 0 Å². The van der Waals surface area contributed by atoms with E-state index >= 15 is 0 Å². The molecule has 18 heavy (non-hydrogen) atoms. The van der Waals surface area contributed by atoms with Crippen LogP contribution >= 0.6 is 0 Å². The highest BCUT2D eigenvalue weighted by Gasteiger charge is 2.17. The lowest BCUT2D eigenvalue weighted by Gasteiger charge is -2.14. The highest BCUT2D eigenvalue weighted by atomic mass is 16.5. The lowest BCUT2D eigenvalue weighted by molar-refractivity contribution is 0.374. The normalized spacial score (nSPS) is 11.7. The quantitative estimate of drug-likeness (QED) is 0.854. The van der Waals surface area contributed by atoms with Crippen molar-refractivity contribution >= 4 is 0 Å². The maximum absolute atomic E-state index is 9.40. The van der Waals surface area contributed by atoms with Gasteiger partial charge in [0.2, 0.25) is 0 Å². The lowest BCUT2D eigenvalue weighted by Crippen LogP contribution is -2.10. The first-order valence-corrected chi connectivity index (χ1v) is 5.69. The van der Waals surface area contributed by atoms with Gasteiger partial charge in [-0.1, -0.05) is 25.9 Å². The number of aromatic nitrogens is 2. The van der Waals surface area contributed by atoms with Crippen LogP contribution in [0.1, 0.15) is 26.6 Å². The Balaban J connectivity index is 2.29. The van der Waals surface area contributed by atoms with Gasteiger partial charge in [-0.15, -0.1) is 0 Å². The maximum Gasteiger partial charge on any atom is 0.258 e. The van der Waals surface area contributed by atoms with E-state index in [0.29, 0.717) is 23.7 Å². The molecule has 0 aliphatic heterocycles. The van der Waals surface area contributed by atoms with Crippen LogP contribution in [0, 0.1) is 5.41 Å². The first-order valence-electron chi connectivity index (χ1n) is 5.69. The molecule has 0 aliphatic carbocycles. The molecule has 96 valence electrons. The Morgan fingerprint density at radius 1 is 1.11 bits per heavy atom. The van der Waals surface area contributed by atoms with E-state index in [9.17, 15) is 10.2 Å². The van der Waals surface area contributed by atoms with Crippen LogP contribution in [0.4, 0.5) is 0 Å². The van der Waals surface area contributed by atoms with Crippen LogP contribution in [0.25, 0.3) is 11.5 Å². The summed E-state index contributed by atoms with van der Waals surface area (Å²) in [4.78, 5) is 4.25. The molecule has 0 aliphatic rings. The molecule has 1 aromatic carbocycles. The predicted octanol–water partition coefficient (Wildman–Crippen LogP) is 2.74. The molecule has 5 heteroatoms. The van der Waals surface area contributed by atoms with E-state index < -0.39 is 0 Å². The van der Waals surface area contributed by atoms with Crippen molar-refractivity contribution in [2.45, 2.75) is 27.2 Å². The summed E-state index contributed by atoms with van der Waals surface area (Å²) in [5.41, 5.74) is 0.572. The molecule has 0 radical (unpaired) electrons. The SMILES string of the molecule is CC(C)(C)Cc1noc(-c2cc(O)cc(O)c2)n1. The standard InChI is InChI=1S/C13H16N2O3/c1-13(2,3)7-11-14-12(18-15-11)8-4-9(16)6-10(17)5-8/h4-6,16-17H,7H2,1-3H3. The molecule has 1 aromatic heterocycles. The second-order valence-electron chi connectivity index (χ2n) is 5.49. The van der Waals surface area contributed by atoms with Gasteiger partial charge in [0.1, 0.15) is 11.5 Å². The summed E-state index contributed by atoms with van der Waals surface area (Å²) in [5, 5.41) is 22.7. The molecule has 0 atom stereocenters. The minimum absolute atomic E-state index is 0.0411. The van der Waals surface area contributed by atoms with E-state index in [1.165, 1.54) is 18.2 Å². The van der Waals surface area contributed by atoms with Gasteiger partial charge in [0.15, 0.2) is 5.82 Å². The van der Waals surface area contributed by atoms with Crippen LogP contribution in [0.3, 0.4) is 0 Å². The van der Waals surface area contributed by atoms with Gasteiger partial charge >= 0.3 is 0 Å². The zero-order valence-electron chi connectivity index (χ0n) is 10.6. The maximum atomic E-state index is 9.40. The van der Waals surface area contributed by atoms with Crippen molar-refractivity contribution in [2.24, 2.45) is 5.41 Å². The molecular formula is C13H16N2O3. The van der Waals surface area contributed by atoms with Gasteiger partial charge in [0, 0.05) is 18.1 Å². The van der Waals surface area contributed by atoms with Gasteiger partial charge in [-0.2, -0.15) is 4.98 Å². The first-order chi connectivity index (χ1) is 8.33. The van der Waals surface area contributed by atoms with Gasteiger partial charge in [-0.25, -0.2) is 0 Å². The van der Waals surface area contributed by atoms with Gasteiger partial charge in [0.25, 0.3) is 5.89 Å². The molecule has 5 nitrogen and oxygen atoms in total. The third-order valence-electron chi connectivity index (χ3n) is 2.31. The zero-order valence-corrected chi connectivity index (χ0v) is 10.6. The lowest BCUT2D eigenvalue weighted by atomic mass is 9.92. The molecule has 0 bridgehead atoms. The zero-order chi connectivity index (χ0) is 13.3. The monoisotopic (exact) mass is 248 g/mol. The van der Waals surface area contributed by atoms with Gasteiger partial charge in [-0.3, -0.25) is 0 Å². The van der Waals surface area contributed by atoms with Crippen molar-refractivity contribution in [1.82, 2.24) is 10.1 Å². The molecular weight excluding hydrogens is 232 g/mol. The molecule has 0 saturated heterocycles. The van der Waals surface area contributed by atoms with Crippen molar-refractivity contribution in [3.05, 3.63) is 24.0 Å². The highest BCUT2D eigenvalue weighted by molar-refractivity contribution is 5.58. The van der Waals surface area contributed by atoms with E-state index in [2.05, 4.69) is 30.9 Å². The predicted molar refractivity (Wildman–Crippen MR) is 66.2 cm³/mol. The van der Waals surface area contributed by atoms with Crippen molar-refractivity contribution in [2.75, 3.05) is 0 Å². The molecule has 0 unspecified atom stereocenters. The number of nitrogens with zero attached hydrogens (tertiary/aromatic N) is 2. The highest BCUT2D eigenvalue weighted by Crippen LogP contribution is 2.28. The third kappa shape index (κ3) is 3.00. The third-order valence-corrected chi connectivity index (χ3v) is 2.31. The van der Waals surface area contributed by atoms with Crippen LogP contribution in [0.15, 0.2) is 22.7 Å². The summed E-state index contributed by atoms with van der Waals surface area (Å²) >= 11 is 0. The van der Waals surface area contributed by atoms with E-state index in [0.717, 1.165) is 0 Å². The molecule has 0 spiro atoms. The molecule has 0 fully saturated rings. The van der Waals surface area contributed by atoms with Gasteiger partial charge in [0.05, 0.1) is 0 Å². The Labute approximate surface area is 105 Å². The largest absolute Gasteiger partial charge is 0.508 e. The Bertz CT molecular complexity index is 535. The minimum Gasteiger partial charge on any atom is -0.508 e. The van der Waals surface area contributed by atoms with Gasteiger partial charge < -0.3 is 14.7 Å². The van der Waals surface area contributed by atoms with Crippen molar-refractivity contribution in [3.63, 3.8) is 0 Å². The van der Waals surface area contributed by atoms with Crippen molar-refractivity contribution < 1.29 is 14.7 Å². The second-order valence-corrected chi connectivity index (χ2v) is 5.49. The van der Waals surface area contributed by atoms with E-state index in [1.54, 1.807) is 0 Å². The summed E-state index contributed by atoms with van der Waals surface area (Å²) in [6.07, 6.45) is 0.696. The molecule has 0 saturated carbocycles. The first kappa shape index (κ1) is 12.4. The molecule has 1 heterocycles. The van der Waals surface area contributed by atoms with E-state index in [-0.39, 0.29) is 16.9 Å². The van der Waals surface area contributed by atoms with Crippen LogP contribution in [-0.4, -0.2) is 20.4 Å². The number of hydrogen-bond acceptors (Lipinski definition) is 5. The Morgan fingerprint density at radius 2 is 1.72 bits per heavy atom. The summed E-state index contributed by atoms with van der Waals surface area (Å²) < 4.78 is 5.12. The molecule has 2 rings (SSSR count). The second kappa shape index (κ2) is 4.33. The number of aromatic hydroxyl groups is 2. The van der Waals surface area contributed by atoms with Crippen LogP contribution in [0.2, 0.25) is 0 Å². The Kier molecular flexibility index (Phi) is 2.98. The fourth-order valence-electron chi connectivity index (χ4n) is 1.64. The number of benzene rings is 1. The van der Waals surface area contributed by atoms with Crippen LogP contribution in [0.5, 0.6) is 11.5 Å². The molecule has 2 N–H and O–H groups in total. The van der Waals surface area contributed by atoms with Crippen molar-refractivity contribution in [1.29, 1.82) is 0 Å². The topological polar surface area (TPSA) is 79.4 Å². The number of phenols is 2. The average Bonchev–Trinajstić information content (AvgIpc) is 2.61. The van der Waals surface area contributed by atoms with E-state index in [4.69, 9.17) is 4.52 Å². The number of rotatable bonds is 2. The summed E-state index contributed by atoms with van der Waals surface area (Å²) in [5.74, 6) is 0.821. The summed E-state index contributed by atoms with van der Waals surface area (Å²) in [7, 11) is 0. The fourth-order valence-corrected chi connectivity index (χ4v) is 1.64. The van der Waals surface area contributed by atoms with Gasteiger partial charge in [-0.05, 0) is 17.5 Å². The Hall–Kier alpha value is -2.04. The summed E-state index contributed by atoms with van der Waals surface area (Å²) in [6.45, 7) is 6.26. The van der Waals surface area contributed by atoms with Crippen molar-refractivity contribution in [3.8, 4) is 23.0 Å². The number of phenolic OH excluding ortho intramolecular Hbond substituents is 2.